The van der Waals surface area contributed by atoms with Crippen LogP contribution >= 0.6 is 0 Å². The first-order chi connectivity index (χ1) is 14.2. The minimum absolute atomic E-state index is 0.373. The highest BCUT2D eigenvalue weighted by Gasteiger charge is 2.12. The van der Waals surface area contributed by atoms with Crippen molar-refractivity contribution >= 4 is 5.91 Å². The van der Waals surface area contributed by atoms with Crippen LogP contribution in [0.3, 0.4) is 0 Å². The summed E-state index contributed by atoms with van der Waals surface area (Å²) in [4.78, 5) is 18.5. The average molecular weight is 386 g/mol. The molecule has 29 heavy (non-hydrogen) atoms. The molecule has 0 radical (unpaired) electrons. The van der Waals surface area contributed by atoms with Crippen LogP contribution in [0.2, 0.25) is 0 Å². The van der Waals surface area contributed by atoms with Gasteiger partial charge in [-0.25, -0.2) is 0 Å². The molecule has 1 aromatic heterocycles. The Balaban J connectivity index is 1.47. The minimum Gasteiger partial charge on any atom is -0.366 e. The number of nitrogens with zero attached hydrogens (tertiary/aromatic N) is 2. The third-order valence-electron chi connectivity index (χ3n) is 5.70. The highest BCUT2D eigenvalue weighted by atomic mass is 16.1. The molecule has 3 aromatic rings. The van der Waals surface area contributed by atoms with Gasteiger partial charge in [-0.3, -0.25) is 14.7 Å². The van der Waals surface area contributed by atoms with Crippen molar-refractivity contribution in [3.8, 4) is 11.1 Å². The van der Waals surface area contributed by atoms with Gasteiger partial charge in [0.05, 0.1) is 0 Å². The Hall–Kier alpha value is -2.98. The number of rotatable bonds is 7. The molecule has 0 bridgehead atoms. The Labute approximate surface area is 172 Å². The average Bonchev–Trinajstić information content (AvgIpc) is 3.26. The number of likely N-dealkylation sites (tertiary alicyclic amines) is 1. The number of hydrogen-bond acceptors (Lipinski definition) is 3. The summed E-state index contributed by atoms with van der Waals surface area (Å²) in [6.07, 6.45) is 7.85. The summed E-state index contributed by atoms with van der Waals surface area (Å²) in [6, 6.07) is 18.7. The summed E-state index contributed by atoms with van der Waals surface area (Å²) in [6.45, 7) is 3.47. The Kier molecular flexibility index (Phi) is 6.01. The summed E-state index contributed by atoms with van der Waals surface area (Å²) in [5.41, 5.74) is 12.0. The monoisotopic (exact) mass is 385 g/mol. The van der Waals surface area contributed by atoms with Crippen LogP contribution in [0, 0.1) is 0 Å². The van der Waals surface area contributed by atoms with E-state index in [2.05, 4.69) is 40.2 Å². The van der Waals surface area contributed by atoms with Crippen molar-refractivity contribution in [2.24, 2.45) is 5.73 Å². The van der Waals surface area contributed by atoms with E-state index in [1.807, 2.05) is 24.3 Å². The van der Waals surface area contributed by atoms with Gasteiger partial charge < -0.3 is 5.73 Å². The zero-order valence-corrected chi connectivity index (χ0v) is 16.7. The maximum Gasteiger partial charge on any atom is 0.248 e. The van der Waals surface area contributed by atoms with Gasteiger partial charge in [0.15, 0.2) is 0 Å². The standard InChI is InChI=1S/C25H27N3O/c26-25(29)24-10-9-22(21-11-13-27-14-12-21)17-23(24)8-7-19-3-5-20(6-4-19)18-28-15-1-2-16-28/h3-6,9-14,17H,1-2,7-8,15-16,18H2,(H2,26,29). The number of hydrogen-bond donors (Lipinski definition) is 1. The lowest BCUT2D eigenvalue weighted by atomic mass is 9.95. The maximum absolute atomic E-state index is 11.9. The predicted octanol–water partition coefficient (Wildman–Crippen LogP) is 4.23. The van der Waals surface area contributed by atoms with Crippen LogP contribution in [0.5, 0.6) is 0 Å². The molecule has 1 saturated heterocycles. The molecule has 1 aliphatic rings. The van der Waals surface area contributed by atoms with E-state index in [1.165, 1.54) is 37.1 Å². The van der Waals surface area contributed by atoms with Crippen molar-refractivity contribution in [3.63, 3.8) is 0 Å². The van der Waals surface area contributed by atoms with E-state index in [1.54, 1.807) is 12.4 Å². The fourth-order valence-electron chi connectivity index (χ4n) is 4.05. The molecular formula is C25H27N3O. The van der Waals surface area contributed by atoms with Crippen LogP contribution < -0.4 is 5.73 Å². The maximum atomic E-state index is 11.9. The summed E-state index contributed by atoms with van der Waals surface area (Å²) >= 11 is 0. The van der Waals surface area contributed by atoms with Gasteiger partial charge in [0, 0.05) is 24.5 Å². The Bertz CT molecular complexity index is 961. The van der Waals surface area contributed by atoms with Crippen LogP contribution in [-0.2, 0) is 19.4 Å². The van der Waals surface area contributed by atoms with Gasteiger partial charge in [0.1, 0.15) is 0 Å². The second-order valence-corrected chi connectivity index (χ2v) is 7.77. The number of pyridine rings is 1. The number of carbonyl (C=O) groups excluding carboxylic acids is 1. The summed E-state index contributed by atoms with van der Waals surface area (Å²) in [5, 5.41) is 0. The fourth-order valence-corrected chi connectivity index (χ4v) is 4.05. The minimum atomic E-state index is -0.373. The highest BCUT2D eigenvalue weighted by Crippen LogP contribution is 2.23. The summed E-state index contributed by atoms with van der Waals surface area (Å²) in [7, 11) is 0. The quantitative estimate of drug-likeness (QED) is 0.662. The van der Waals surface area contributed by atoms with Gasteiger partial charge in [0.25, 0.3) is 0 Å². The number of aryl methyl sites for hydroxylation is 2. The fraction of sp³-hybridized carbons (Fsp3) is 0.280. The number of benzene rings is 2. The normalized spacial score (nSPS) is 14.2. The number of nitrogens with two attached hydrogens (primary N) is 1. The van der Waals surface area contributed by atoms with E-state index in [4.69, 9.17) is 5.73 Å². The number of carbonyl (C=O) groups is 1. The molecule has 2 aromatic carbocycles. The molecule has 2 N–H and O–H groups in total. The van der Waals surface area contributed by atoms with E-state index in [0.29, 0.717) is 5.56 Å². The number of primary amides is 1. The number of amides is 1. The SMILES string of the molecule is NC(=O)c1ccc(-c2ccncc2)cc1CCc1ccc(CN2CCCC2)cc1. The zero-order valence-electron chi connectivity index (χ0n) is 16.7. The number of aromatic nitrogens is 1. The van der Waals surface area contributed by atoms with Crippen molar-refractivity contribution < 1.29 is 4.79 Å². The van der Waals surface area contributed by atoms with Gasteiger partial charge in [0.2, 0.25) is 5.91 Å². The molecule has 4 nitrogen and oxygen atoms in total. The first-order valence-electron chi connectivity index (χ1n) is 10.3. The second kappa shape index (κ2) is 9.01. The topological polar surface area (TPSA) is 59.2 Å². The van der Waals surface area contributed by atoms with Gasteiger partial charge in [-0.2, -0.15) is 0 Å². The molecule has 1 fully saturated rings. The Morgan fingerprint density at radius 2 is 1.55 bits per heavy atom. The highest BCUT2D eigenvalue weighted by molar-refractivity contribution is 5.95. The molecule has 0 saturated carbocycles. The van der Waals surface area contributed by atoms with Crippen molar-refractivity contribution in [1.29, 1.82) is 0 Å². The molecule has 0 aliphatic carbocycles. The van der Waals surface area contributed by atoms with Crippen molar-refractivity contribution in [3.05, 3.63) is 89.2 Å². The third-order valence-corrected chi connectivity index (χ3v) is 5.70. The van der Waals surface area contributed by atoms with Crippen LogP contribution in [0.1, 0.15) is 39.9 Å². The van der Waals surface area contributed by atoms with Crippen LogP contribution in [0.25, 0.3) is 11.1 Å². The van der Waals surface area contributed by atoms with E-state index in [9.17, 15) is 4.79 Å². The Morgan fingerprint density at radius 1 is 0.862 bits per heavy atom. The lowest BCUT2D eigenvalue weighted by Gasteiger charge is -2.15. The first-order valence-corrected chi connectivity index (χ1v) is 10.3. The van der Waals surface area contributed by atoms with Gasteiger partial charge in [-0.15, -0.1) is 0 Å². The Morgan fingerprint density at radius 3 is 2.24 bits per heavy atom. The molecule has 4 heteroatoms. The second-order valence-electron chi connectivity index (χ2n) is 7.77. The lowest BCUT2D eigenvalue weighted by Crippen LogP contribution is -2.18. The van der Waals surface area contributed by atoms with Crippen LogP contribution in [0.15, 0.2) is 67.0 Å². The van der Waals surface area contributed by atoms with Crippen molar-refractivity contribution in [2.75, 3.05) is 13.1 Å². The third kappa shape index (κ3) is 4.90. The molecule has 0 unspecified atom stereocenters. The lowest BCUT2D eigenvalue weighted by molar-refractivity contribution is 0.0999. The van der Waals surface area contributed by atoms with Crippen molar-refractivity contribution in [2.45, 2.75) is 32.2 Å². The van der Waals surface area contributed by atoms with E-state index in [0.717, 1.165) is 36.1 Å². The van der Waals surface area contributed by atoms with Crippen LogP contribution in [-0.4, -0.2) is 28.9 Å². The molecule has 148 valence electrons. The van der Waals surface area contributed by atoms with Crippen LogP contribution in [0.4, 0.5) is 0 Å². The summed E-state index contributed by atoms with van der Waals surface area (Å²) in [5.74, 6) is -0.373. The zero-order chi connectivity index (χ0) is 20.1. The molecule has 1 amide bonds. The molecule has 0 spiro atoms. The molecular weight excluding hydrogens is 358 g/mol. The molecule has 2 heterocycles. The molecule has 1 aliphatic heterocycles. The van der Waals surface area contributed by atoms with Gasteiger partial charge in [-0.1, -0.05) is 36.4 Å². The summed E-state index contributed by atoms with van der Waals surface area (Å²) < 4.78 is 0. The largest absolute Gasteiger partial charge is 0.366 e. The molecule has 0 atom stereocenters. The predicted molar refractivity (Wildman–Crippen MR) is 117 cm³/mol. The first kappa shape index (κ1) is 19.3. The smallest absolute Gasteiger partial charge is 0.248 e. The van der Waals surface area contributed by atoms with E-state index in [-0.39, 0.29) is 5.91 Å². The van der Waals surface area contributed by atoms with E-state index >= 15 is 0 Å². The van der Waals surface area contributed by atoms with E-state index < -0.39 is 0 Å². The molecule has 4 rings (SSSR count). The van der Waals surface area contributed by atoms with Gasteiger partial charge in [-0.05, 0) is 84.8 Å². The van der Waals surface area contributed by atoms with Gasteiger partial charge >= 0.3 is 0 Å². The van der Waals surface area contributed by atoms with Crippen molar-refractivity contribution in [1.82, 2.24) is 9.88 Å².